The molecule has 0 saturated carbocycles. The van der Waals surface area contributed by atoms with E-state index in [9.17, 15) is 9.59 Å². The lowest BCUT2D eigenvalue weighted by molar-refractivity contribution is 0.0686. The van der Waals surface area contributed by atoms with Gasteiger partial charge in [-0.25, -0.2) is 9.59 Å². The average Bonchev–Trinajstić information content (AvgIpc) is 2.27. The Bertz CT molecular complexity index is 497. The molecule has 0 atom stereocenters. The van der Waals surface area contributed by atoms with E-state index in [1.807, 2.05) is 4.90 Å². The van der Waals surface area contributed by atoms with Crippen LogP contribution < -0.4 is 5.69 Å². The first-order chi connectivity index (χ1) is 8.11. The van der Waals surface area contributed by atoms with Crippen molar-refractivity contribution in [1.29, 1.82) is 0 Å². The summed E-state index contributed by atoms with van der Waals surface area (Å²) < 4.78 is 0. The Hall–Kier alpha value is -1.73. The highest BCUT2D eigenvalue weighted by Crippen LogP contribution is 2.17. The number of rotatable bonds is 3. The Kier molecular flexibility index (Phi) is 3.21. The number of carboxylic acids is 1. The molecule has 1 aliphatic rings. The van der Waals surface area contributed by atoms with Crippen LogP contribution >= 0.6 is 0 Å². The van der Waals surface area contributed by atoms with Crippen molar-refractivity contribution in [3.63, 3.8) is 0 Å². The Morgan fingerprint density at radius 3 is 2.94 bits per heavy atom. The van der Waals surface area contributed by atoms with Gasteiger partial charge in [0.15, 0.2) is 5.69 Å². The first-order valence-corrected chi connectivity index (χ1v) is 5.30. The zero-order valence-electron chi connectivity index (χ0n) is 9.14. The van der Waals surface area contributed by atoms with Gasteiger partial charge in [-0.1, -0.05) is 0 Å². The van der Waals surface area contributed by atoms with Crippen LogP contribution in [0.5, 0.6) is 0 Å². The second-order valence-electron chi connectivity index (χ2n) is 3.90. The fourth-order valence-corrected chi connectivity index (χ4v) is 2.03. The summed E-state index contributed by atoms with van der Waals surface area (Å²) in [5.74, 6) is -1.18. The minimum Gasteiger partial charge on any atom is -0.476 e. The quantitative estimate of drug-likeness (QED) is 0.613. The van der Waals surface area contributed by atoms with E-state index in [0.29, 0.717) is 37.3 Å². The molecular weight excluding hydrogens is 226 g/mol. The number of carboxylic acid groups (broad SMARTS) is 1. The van der Waals surface area contributed by atoms with Crippen molar-refractivity contribution >= 4 is 5.97 Å². The molecule has 0 fully saturated rings. The summed E-state index contributed by atoms with van der Waals surface area (Å²) in [7, 11) is 0. The van der Waals surface area contributed by atoms with Gasteiger partial charge in [0.05, 0.1) is 6.61 Å². The van der Waals surface area contributed by atoms with Gasteiger partial charge in [-0.2, -0.15) is 4.98 Å². The molecule has 1 aliphatic heterocycles. The van der Waals surface area contributed by atoms with Gasteiger partial charge in [0.2, 0.25) is 0 Å². The van der Waals surface area contributed by atoms with Crippen molar-refractivity contribution in [2.45, 2.75) is 13.0 Å². The van der Waals surface area contributed by atoms with Crippen molar-refractivity contribution in [2.24, 2.45) is 0 Å². The first-order valence-electron chi connectivity index (χ1n) is 5.30. The van der Waals surface area contributed by atoms with E-state index in [-0.39, 0.29) is 12.3 Å². The zero-order chi connectivity index (χ0) is 12.4. The maximum absolute atomic E-state index is 11.2. The van der Waals surface area contributed by atoms with E-state index in [0.717, 1.165) is 0 Å². The standard InChI is InChI=1S/C10H13N3O4/c14-4-3-13-2-1-6-7(5-13)11-10(17)12-8(6)9(15)16/h14H,1-5H2,(H,15,16)(H,11,12,17). The largest absolute Gasteiger partial charge is 0.476 e. The molecule has 0 radical (unpaired) electrons. The number of carbonyl (C=O) groups is 1. The summed E-state index contributed by atoms with van der Waals surface area (Å²) in [4.78, 5) is 30.2. The molecule has 0 spiro atoms. The topological polar surface area (TPSA) is 107 Å². The number of β-amino-alcohol motifs (C(OH)–C–C–N with tert-alkyl or cyclic N) is 1. The van der Waals surface area contributed by atoms with Crippen molar-refractivity contribution < 1.29 is 15.0 Å². The van der Waals surface area contributed by atoms with Crippen LogP contribution in [0.25, 0.3) is 0 Å². The smallest absolute Gasteiger partial charge is 0.355 e. The van der Waals surface area contributed by atoms with E-state index < -0.39 is 11.7 Å². The van der Waals surface area contributed by atoms with E-state index in [1.54, 1.807) is 0 Å². The van der Waals surface area contributed by atoms with Crippen molar-refractivity contribution in [3.8, 4) is 0 Å². The third-order valence-corrected chi connectivity index (χ3v) is 2.80. The predicted octanol–water partition coefficient (Wildman–Crippen LogP) is -1.18. The number of fused-ring (bicyclic) bond motifs is 1. The summed E-state index contributed by atoms with van der Waals surface area (Å²) in [6.07, 6.45) is 0.515. The number of nitrogens with zero attached hydrogens (tertiary/aromatic N) is 2. The van der Waals surface area contributed by atoms with Crippen LogP contribution in [0.3, 0.4) is 0 Å². The van der Waals surface area contributed by atoms with Crippen molar-refractivity contribution in [1.82, 2.24) is 14.9 Å². The van der Waals surface area contributed by atoms with Crippen LogP contribution in [0.4, 0.5) is 0 Å². The van der Waals surface area contributed by atoms with E-state index >= 15 is 0 Å². The van der Waals surface area contributed by atoms with Gasteiger partial charge in [-0.15, -0.1) is 0 Å². The van der Waals surface area contributed by atoms with Gasteiger partial charge in [0.25, 0.3) is 0 Å². The number of hydrogen-bond donors (Lipinski definition) is 3. The summed E-state index contributed by atoms with van der Waals surface area (Å²) >= 11 is 0. The molecule has 0 unspecified atom stereocenters. The molecule has 0 aromatic carbocycles. The fourth-order valence-electron chi connectivity index (χ4n) is 2.03. The molecular formula is C10H13N3O4. The molecule has 0 saturated heterocycles. The second kappa shape index (κ2) is 4.64. The number of aliphatic hydroxyl groups is 1. The maximum atomic E-state index is 11.2. The molecule has 2 rings (SSSR count). The Labute approximate surface area is 96.7 Å². The third-order valence-electron chi connectivity index (χ3n) is 2.80. The van der Waals surface area contributed by atoms with Crippen LogP contribution in [0, 0.1) is 0 Å². The molecule has 1 aromatic heterocycles. The van der Waals surface area contributed by atoms with Gasteiger partial charge in [-0.3, -0.25) is 4.90 Å². The molecule has 17 heavy (non-hydrogen) atoms. The Balaban J connectivity index is 2.39. The SMILES string of the molecule is O=C(O)c1nc(=O)[nH]c2c1CCN(CCO)C2. The van der Waals surface area contributed by atoms with Crippen LogP contribution in [-0.4, -0.2) is 50.7 Å². The lowest BCUT2D eigenvalue weighted by Gasteiger charge is -2.27. The van der Waals surface area contributed by atoms with E-state index in [2.05, 4.69) is 9.97 Å². The molecule has 1 aromatic rings. The number of aromatic carboxylic acids is 1. The maximum Gasteiger partial charge on any atom is 0.355 e. The normalized spacial score (nSPS) is 15.6. The van der Waals surface area contributed by atoms with Gasteiger partial charge < -0.3 is 15.2 Å². The van der Waals surface area contributed by atoms with Crippen LogP contribution in [0.15, 0.2) is 4.79 Å². The molecule has 92 valence electrons. The average molecular weight is 239 g/mol. The monoisotopic (exact) mass is 239 g/mol. The minimum absolute atomic E-state index is 0.0381. The molecule has 0 bridgehead atoms. The molecule has 2 heterocycles. The van der Waals surface area contributed by atoms with Gasteiger partial charge >= 0.3 is 11.7 Å². The minimum atomic E-state index is -1.18. The number of aliphatic hydroxyl groups excluding tert-OH is 1. The highest BCUT2D eigenvalue weighted by Gasteiger charge is 2.23. The summed E-state index contributed by atoms with van der Waals surface area (Å²) in [6, 6.07) is 0. The summed E-state index contributed by atoms with van der Waals surface area (Å²) in [5.41, 5.74) is 0.368. The van der Waals surface area contributed by atoms with Crippen molar-refractivity contribution in [3.05, 3.63) is 27.4 Å². The third kappa shape index (κ3) is 2.34. The first kappa shape index (κ1) is 11.7. The molecule has 3 N–H and O–H groups in total. The fraction of sp³-hybridized carbons (Fsp3) is 0.500. The second-order valence-corrected chi connectivity index (χ2v) is 3.90. The lowest BCUT2D eigenvalue weighted by Crippen LogP contribution is -2.36. The van der Waals surface area contributed by atoms with Gasteiger partial charge in [-0.05, 0) is 6.42 Å². The highest BCUT2D eigenvalue weighted by atomic mass is 16.4. The molecule has 0 aliphatic carbocycles. The summed E-state index contributed by atoms with van der Waals surface area (Å²) in [6.45, 7) is 1.64. The Morgan fingerprint density at radius 1 is 1.53 bits per heavy atom. The van der Waals surface area contributed by atoms with Crippen molar-refractivity contribution in [2.75, 3.05) is 19.7 Å². The van der Waals surface area contributed by atoms with E-state index in [1.165, 1.54) is 0 Å². The number of aromatic nitrogens is 2. The number of H-pyrrole nitrogens is 1. The van der Waals surface area contributed by atoms with E-state index in [4.69, 9.17) is 10.2 Å². The molecule has 7 heteroatoms. The summed E-state index contributed by atoms with van der Waals surface area (Å²) in [5, 5.41) is 17.8. The molecule has 0 amide bonds. The number of hydrogen-bond acceptors (Lipinski definition) is 5. The van der Waals surface area contributed by atoms with Gasteiger partial charge in [0, 0.05) is 30.9 Å². The van der Waals surface area contributed by atoms with Gasteiger partial charge in [0.1, 0.15) is 0 Å². The molecule has 7 nitrogen and oxygen atoms in total. The van der Waals surface area contributed by atoms with Crippen LogP contribution in [0.1, 0.15) is 21.7 Å². The lowest BCUT2D eigenvalue weighted by atomic mass is 10.0. The van der Waals surface area contributed by atoms with Crippen LogP contribution in [-0.2, 0) is 13.0 Å². The number of aromatic amines is 1. The zero-order valence-corrected chi connectivity index (χ0v) is 9.14. The highest BCUT2D eigenvalue weighted by molar-refractivity contribution is 5.87. The predicted molar refractivity (Wildman–Crippen MR) is 57.9 cm³/mol. The van der Waals surface area contributed by atoms with Crippen LogP contribution in [0.2, 0.25) is 0 Å². The Morgan fingerprint density at radius 2 is 2.29 bits per heavy atom. The number of nitrogens with one attached hydrogen (secondary N) is 1.